The molecule has 0 saturated heterocycles. The third-order valence-corrected chi connectivity index (χ3v) is 3.86. The van der Waals surface area contributed by atoms with E-state index >= 15 is 0 Å². The molecule has 0 radical (unpaired) electrons. The Labute approximate surface area is 139 Å². The Kier molecular flexibility index (Phi) is 4.52. The molecule has 0 spiro atoms. The maximum atomic E-state index is 12.4. The zero-order valence-electron chi connectivity index (χ0n) is 13.9. The molecule has 0 atom stereocenters. The normalized spacial score (nSPS) is 11.2. The van der Waals surface area contributed by atoms with Crippen LogP contribution >= 0.6 is 0 Å². The van der Waals surface area contributed by atoms with E-state index < -0.39 is 0 Å². The van der Waals surface area contributed by atoms with Gasteiger partial charge in [0.2, 0.25) is 0 Å². The van der Waals surface area contributed by atoms with Gasteiger partial charge in [0, 0.05) is 42.0 Å². The smallest absolute Gasteiger partial charge is 0.252 e. The van der Waals surface area contributed by atoms with E-state index in [2.05, 4.69) is 15.2 Å². The van der Waals surface area contributed by atoms with Crippen molar-refractivity contribution in [3.63, 3.8) is 0 Å². The number of aromatic nitrogens is 3. The summed E-state index contributed by atoms with van der Waals surface area (Å²) in [5, 5.41) is 7.75. The first kappa shape index (κ1) is 16.1. The minimum absolute atomic E-state index is 0.105. The summed E-state index contributed by atoms with van der Waals surface area (Å²) in [4.78, 5) is 17.3. The molecular formula is C17H20N4O3. The van der Waals surface area contributed by atoms with Gasteiger partial charge in [-0.3, -0.25) is 14.8 Å². The van der Waals surface area contributed by atoms with Gasteiger partial charge < -0.3 is 14.5 Å². The Balaban J connectivity index is 1.90. The lowest BCUT2D eigenvalue weighted by molar-refractivity contribution is 0.313. The van der Waals surface area contributed by atoms with Gasteiger partial charge in [-0.05, 0) is 25.2 Å². The van der Waals surface area contributed by atoms with Gasteiger partial charge in [0.25, 0.3) is 5.56 Å². The number of rotatable bonds is 6. The Morgan fingerprint density at radius 1 is 1.12 bits per heavy atom. The molecule has 0 unspecified atom stereocenters. The summed E-state index contributed by atoms with van der Waals surface area (Å²) in [6.45, 7) is 1.21. The fourth-order valence-electron chi connectivity index (χ4n) is 2.71. The van der Waals surface area contributed by atoms with E-state index in [1.807, 2.05) is 30.1 Å². The third-order valence-electron chi connectivity index (χ3n) is 3.86. The summed E-state index contributed by atoms with van der Waals surface area (Å²) in [6.07, 6.45) is 1.71. The molecule has 0 aliphatic rings. The second kappa shape index (κ2) is 6.76. The van der Waals surface area contributed by atoms with Gasteiger partial charge in [-0.1, -0.05) is 0 Å². The predicted molar refractivity (Wildman–Crippen MR) is 91.4 cm³/mol. The molecular weight excluding hydrogens is 308 g/mol. The first-order chi connectivity index (χ1) is 11.6. The Morgan fingerprint density at radius 2 is 1.88 bits per heavy atom. The van der Waals surface area contributed by atoms with Gasteiger partial charge in [0.1, 0.15) is 0 Å². The average molecular weight is 328 g/mol. The van der Waals surface area contributed by atoms with Gasteiger partial charge >= 0.3 is 0 Å². The van der Waals surface area contributed by atoms with E-state index in [-0.39, 0.29) is 5.56 Å². The summed E-state index contributed by atoms with van der Waals surface area (Å²) < 4.78 is 10.6. The second-order valence-electron chi connectivity index (χ2n) is 5.67. The van der Waals surface area contributed by atoms with E-state index in [0.29, 0.717) is 30.2 Å². The van der Waals surface area contributed by atoms with E-state index in [0.717, 1.165) is 16.6 Å². The number of fused-ring (bicyclic) bond motifs is 1. The molecule has 24 heavy (non-hydrogen) atoms. The molecule has 7 heteroatoms. The summed E-state index contributed by atoms with van der Waals surface area (Å²) in [5.41, 5.74) is 2.31. The first-order valence-electron chi connectivity index (χ1n) is 7.55. The molecule has 7 nitrogen and oxygen atoms in total. The minimum atomic E-state index is -0.105. The molecule has 126 valence electrons. The van der Waals surface area contributed by atoms with Crippen LogP contribution in [-0.2, 0) is 13.1 Å². The SMILES string of the molecule is COc1cc2cc(CN(C)Cc3ccn[nH]3)c(=O)[nH]c2cc1OC. The number of ether oxygens (including phenoxy) is 2. The van der Waals surface area contributed by atoms with Gasteiger partial charge in [-0.25, -0.2) is 0 Å². The number of methoxy groups -OCH3 is 2. The van der Waals surface area contributed by atoms with Crippen LogP contribution in [-0.4, -0.2) is 41.3 Å². The average Bonchev–Trinajstić information content (AvgIpc) is 3.07. The van der Waals surface area contributed by atoms with Crippen molar-refractivity contribution in [3.05, 3.63) is 52.1 Å². The Bertz CT molecular complexity index is 887. The molecule has 2 aromatic heterocycles. The Hall–Kier alpha value is -2.80. The lowest BCUT2D eigenvalue weighted by Gasteiger charge is -2.16. The van der Waals surface area contributed by atoms with Crippen molar-refractivity contribution in [2.24, 2.45) is 0 Å². The highest BCUT2D eigenvalue weighted by Crippen LogP contribution is 2.31. The van der Waals surface area contributed by atoms with E-state index in [1.165, 1.54) is 0 Å². The fraction of sp³-hybridized carbons (Fsp3) is 0.294. The maximum absolute atomic E-state index is 12.4. The molecule has 0 aliphatic carbocycles. The number of pyridine rings is 1. The monoisotopic (exact) mass is 328 g/mol. The molecule has 0 bridgehead atoms. The number of hydrogen-bond acceptors (Lipinski definition) is 5. The number of benzene rings is 1. The van der Waals surface area contributed by atoms with E-state index in [1.54, 1.807) is 26.5 Å². The van der Waals surface area contributed by atoms with Crippen LogP contribution in [0.2, 0.25) is 0 Å². The highest BCUT2D eigenvalue weighted by molar-refractivity contribution is 5.83. The molecule has 1 aromatic carbocycles. The number of aromatic amines is 2. The van der Waals surface area contributed by atoms with Crippen molar-refractivity contribution < 1.29 is 9.47 Å². The highest BCUT2D eigenvalue weighted by atomic mass is 16.5. The van der Waals surface area contributed by atoms with Crippen molar-refractivity contribution in [1.29, 1.82) is 0 Å². The summed E-state index contributed by atoms with van der Waals surface area (Å²) in [7, 11) is 5.12. The van der Waals surface area contributed by atoms with Crippen molar-refractivity contribution in [2.45, 2.75) is 13.1 Å². The lowest BCUT2D eigenvalue weighted by Crippen LogP contribution is -2.23. The lowest BCUT2D eigenvalue weighted by atomic mass is 10.1. The maximum Gasteiger partial charge on any atom is 0.252 e. The van der Waals surface area contributed by atoms with Gasteiger partial charge in [0.05, 0.1) is 19.7 Å². The van der Waals surface area contributed by atoms with Crippen molar-refractivity contribution in [3.8, 4) is 11.5 Å². The van der Waals surface area contributed by atoms with E-state index in [4.69, 9.17) is 9.47 Å². The molecule has 3 aromatic rings. The molecule has 0 amide bonds. The van der Waals surface area contributed by atoms with Crippen LogP contribution in [0, 0.1) is 0 Å². The molecule has 0 fully saturated rings. The summed E-state index contributed by atoms with van der Waals surface area (Å²) >= 11 is 0. The first-order valence-corrected chi connectivity index (χ1v) is 7.55. The molecule has 3 rings (SSSR count). The van der Waals surface area contributed by atoms with Crippen molar-refractivity contribution in [2.75, 3.05) is 21.3 Å². The molecule has 0 aliphatic heterocycles. The van der Waals surface area contributed by atoms with Crippen LogP contribution in [0.15, 0.2) is 35.3 Å². The van der Waals surface area contributed by atoms with Gasteiger partial charge in [-0.2, -0.15) is 5.10 Å². The molecule has 2 N–H and O–H groups in total. The predicted octanol–water partition coefficient (Wildman–Crippen LogP) is 1.90. The zero-order chi connectivity index (χ0) is 17.1. The number of nitrogens with zero attached hydrogens (tertiary/aromatic N) is 2. The standard InChI is InChI=1S/C17H20N4O3/c1-21(10-13-4-5-18-20-13)9-12-6-11-7-15(23-2)16(24-3)8-14(11)19-17(12)22/h4-8H,9-10H2,1-3H3,(H,18,20)(H,19,22). The van der Waals surface area contributed by atoms with Crippen LogP contribution < -0.4 is 15.0 Å². The van der Waals surface area contributed by atoms with Crippen LogP contribution in [0.1, 0.15) is 11.3 Å². The summed E-state index contributed by atoms with van der Waals surface area (Å²) in [5.74, 6) is 1.22. The second-order valence-corrected chi connectivity index (χ2v) is 5.67. The topological polar surface area (TPSA) is 83.2 Å². The Morgan fingerprint density at radius 3 is 2.54 bits per heavy atom. The third kappa shape index (κ3) is 3.26. The molecule has 2 heterocycles. The molecule has 0 saturated carbocycles. The van der Waals surface area contributed by atoms with Crippen LogP contribution in [0.3, 0.4) is 0 Å². The fourth-order valence-corrected chi connectivity index (χ4v) is 2.71. The number of H-pyrrole nitrogens is 2. The van der Waals surface area contributed by atoms with Crippen LogP contribution in [0.25, 0.3) is 10.9 Å². The zero-order valence-corrected chi connectivity index (χ0v) is 13.9. The van der Waals surface area contributed by atoms with E-state index in [9.17, 15) is 4.79 Å². The number of hydrogen-bond donors (Lipinski definition) is 2. The van der Waals surface area contributed by atoms with Crippen LogP contribution in [0.5, 0.6) is 11.5 Å². The van der Waals surface area contributed by atoms with Crippen molar-refractivity contribution >= 4 is 10.9 Å². The van der Waals surface area contributed by atoms with Crippen LogP contribution in [0.4, 0.5) is 0 Å². The van der Waals surface area contributed by atoms with Gasteiger partial charge in [-0.15, -0.1) is 0 Å². The minimum Gasteiger partial charge on any atom is -0.493 e. The number of nitrogens with one attached hydrogen (secondary N) is 2. The largest absolute Gasteiger partial charge is 0.493 e. The highest BCUT2D eigenvalue weighted by Gasteiger charge is 2.11. The van der Waals surface area contributed by atoms with Gasteiger partial charge in [0.15, 0.2) is 11.5 Å². The quantitative estimate of drug-likeness (QED) is 0.722. The summed E-state index contributed by atoms with van der Waals surface area (Å²) in [6, 6.07) is 7.44. The van der Waals surface area contributed by atoms with Crippen molar-refractivity contribution in [1.82, 2.24) is 20.1 Å².